The minimum absolute atomic E-state index is 0.00517. The first-order valence-corrected chi connectivity index (χ1v) is 14.0. The average Bonchev–Trinajstić information content (AvgIpc) is 3.45. The van der Waals surface area contributed by atoms with Gasteiger partial charge in [-0.25, -0.2) is 14.5 Å². The van der Waals surface area contributed by atoms with Crippen LogP contribution < -0.4 is 5.32 Å². The molecule has 1 saturated heterocycles. The van der Waals surface area contributed by atoms with Gasteiger partial charge in [0, 0.05) is 29.8 Å². The Hall–Kier alpha value is -5.64. The molecule has 0 radical (unpaired) electrons. The largest absolute Gasteiger partial charge is 0.480 e. The third-order valence-electron chi connectivity index (χ3n) is 7.38. The fourth-order valence-corrected chi connectivity index (χ4v) is 5.20. The van der Waals surface area contributed by atoms with Crippen LogP contribution in [-0.2, 0) is 14.3 Å². The molecule has 1 fully saturated rings. The SMILES string of the molecule is CC(=N[C@H](C(=O)O)[C@H](CC(=O)N1C(=O)OC[C@@H]1c1ccccc1)c1ccccc1)c1ccccc1NC(=O)c1ccccn1. The quantitative estimate of drug-likeness (QED) is 0.233. The molecule has 0 bridgehead atoms. The molecule has 10 heteroatoms. The molecular formula is C34H30N4O6. The van der Waals surface area contributed by atoms with Crippen LogP contribution in [0, 0.1) is 0 Å². The summed E-state index contributed by atoms with van der Waals surface area (Å²) in [4.78, 5) is 61.8. The summed E-state index contributed by atoms with van der Waals surface area (Å²) in [5.41, 5.74) is 2.80. The van der Waals surface area contributed by atoms with Crippen LogP contribution in [0.25, 0.3) is 0 Å². The van der Waals surface area contributed by atoms with Gasteiger partial charge in [0.1, 0.15) is 18.3 Å². The van der Waals surface area contributed by atoms with Crippen molar-refractivity contribution in [3.05, 3.63) is 132 Å². The summed E-state index contributed by atoms with van der Waals surface area (Å²) in [6, 6.07) is 27.7. The Balaban J connectivity index is 1.47. The van der Waals surface area contributed by atoms with Crippen molar-refractivity contribution in [2.75, 3.05) is 11.9 Å². The summed E-state index contributed by atoms with van der Waals surface area (Å²) in [5, 5.41) is 13.2. The fraction of sp³-hybridized carbons (Fsp3) is 0.176. The van der Waals surface area contributed by atoms with Crippen molar-refractivity contribution in [2.45, 2.75) is 31.3 Å². The maximum Gasteiger partial charge on any atom is 0.417 e. The first-order valence-electron chi connectivity index (χ1n) is 14.0. The number of benzene rings is 3. The third-order valence-corrected chi connectivity index (χ3v) is 7.38. The van der Waals surface area contributed by atoms with E-state index in [9.17, 15) is 24.3 Å². The van der Waals surface area contributed by atoms with Crippen molar-refractivity contribution in [2.24, 2.45) is 4.99 Å². The number of carboxylic acid groups (broad SMARTS) is 1. The molecule has 4 aromatic rings. The lowest BCUT2D eigenvalue weighted by atomic mass is 9.87. The molecule has 2 heterocycles. The number of nitrogens with zero attached hydrogens (tertiary/aromatic N) is 3. The molecule has 222 valence electrons. The molecule has 1 aliphatic rings. The predicted molar refractivity (Wildman–Crippen MR) is 163 cm³/mol. The molecular weight excluding hydrogens is 560 g/mol. The van der Waals surface area contributed by atoms with Gasteiger partial charge in [0.2, 0.25) is 5.91 Å². The van der Waals surface area contributed by atoms with Gasteiger partial charge in [0.25, 0.3) is 5.91 Å². The van der Waals surface area contributed by atoms with Gasteiger partial charge >= 0.3 is 12.1 Å². The van der Waals surface area contributed by atoms with E-state index >= 15 is 0 Å². The second kappa shape index (κ2) is 13.6. The van der Waals surface area contributed by atoms with E-state index in [1.807, 2.05) is 18.2 Å². The van der Waals surface area contributed by atoms with Crippen LogP contribution in [0.3, 0.4) is 0 Å². The van der Waals surface area contributed by atoms with Gasteiger partial charge in [-0.15, -0.1) is 0 Å². The second-order valence-electron chi connectivity index (χ2n) is 10.2. The fourth-order valence-electron chi connectivity index (χ4n) is 5.20. The first kappa shape index (κ1) is 29.8. The van der Waals surface area contributed by atoms with Crippen molar-refractivity contribution in [3.8, 4) is 0 Å². The Morgan fingerprint density at radius 2 is 1.61 bits per heavy atom. The van der Waals surface area contributed by atoms with Crippen molar-refractivity contribution in [1.82, 2.24) is 9.88 Å². The summed E-state index contributed by atoms with van der Waals surface area (Å²) < 4.78 is 5.23. The standard InChI is InChI=1S/C34H30N4O6/c1-22(25-16-8-9-17-27(25)37-32(40)28-18-10-11-19-35-28)36-31(33(41)42)26(23-12-4-2-5-13-23)20-30(39)38-29(21-44-34(38)43)24-14-6-3-7-15-24/h2-19,26,29,31H,20-21H2,1H3,(H,37,40)(H,41,42)/t26-,29-,31+/m1/s1. The topological polar surface area (TPSA) is 138 Å². The van der Waals surface area contributed by atoms with Crippen molar-refractivity contribution in [1.29, 1.82) is 0 Å². The zero-order valence-corrected chi connectivity index (χ0v) is 23.9. The van der Waals surface area contributed by atoms with E-state index in [4.69, 9.17) is 4.74 Å². The van der Waals surface area contributed by atoms with Crippen LogP contribution in [0.1, 0.15) is 52.5 Å². The molecule has 0 unspecified atom stereocenters. The highest BCUT2D eigenvalue weighted by atomic mass is 16.6. The van der Waals surface area contributed by atoms with Gasteiger partial charge in [0.05, 0.1) is 5.69 Å². The van der Waals surface area contributed by atoms with E-state index in [-0.39, 0.29) is 18.7 Å². The summed E-state index contributed by atoms with van der Waals surface area (Å²) in [5.74, 6) is -3.17. The molecule has 1 aromatic heterocycles. The summed E-state index contributed by atoms with van der Waals surface area (Å²) >= 11 is 0. The Labute approximate surface area is 254 Å². The zero-order chi connectivity index (χ0) is 31.1. The molecule has 3 amide bonds. The molecule has 3 aromatic carbocycles. The van der Waals surface area contributed by atoms with Crippen molar-refractivity contribution in [3.63, 3.8) is 0 Å². The Kier molecular flexibility index (Phi) is 9.19. The molecule has 3 atom stereocenters. The number of cyclic esters (lactones) is 1. The molecule has 10 nitrogen and oxygen atoms in total. The van der Waals surface area contributed by atoms with Crippen molar-refractivity contribution >= 4 is 35.3 Å². The van der Waals surface area contributed by atoms with Crippen molar-refractivity contribution < 1.29 is 29.0 Å². The van der Waals surface area contributed by atoms with Crippen LogP contribution in [-0.4, -0.2) is 57.2 Å². The zero-order valence-electron chi connectivity index (χ0n) is 23.9. The van der Waals surface area contributed by atoms with E-state index in [0.717, 1.165) is 10.5 Å². The minimum atomic E-state index is -1.39. The van der Waals surface area contributed by atoms with E-state index in [2.05, 4.69) is 15.3 Å². The highest BCUT2D eigenvalue weighted by Gasteiger charge is 2.41. The number of carboxylic acids is 1. The summed E-state index contributed by atoms with van der Waals surface area (Å²) in [7, 11) is 0. The number of carbonyl (C=O) groups excluding carboxylic acids is 3. The first-order chi connectivity index (χ1) is 21.3. The number of aromatic nitrogens is 1. The maximum absolute atomic E-state index is 13.7. The van der Waals surface area contributed by atoms with E-state index in [0.29, 0.717) is 22.5 Å². The Morgan fingerprint density at radius 1 is 0.955 bits per heavy atom. The van der Waals surface area contributed by atoms with E-state index in [1.165, 1.54) is 6.20 Å². The Morgan fingerprint density at radius 3 is 2.30 bits per heavy atom. The number of amides is 3. The minimum Gasteiger partial charge on any atom is -0.480 e. The van der Waals surface area contributed by atoms with Gasteiger partial charge in [-0.1, -0.05) is 84.9 Å². The number of nitrogens with one attached hydrogen (secondary N) is 1. The number of pyridine rings is 1. The number of aliphatic carboxylic acids is 1. The van der Waals surface area contributed by atoms with Crippen LogP contribution in [0.15, 0.2) is 114 Å². The number of ether oxygens (including phenoxy) is 1. The van der Waals surface area contributed by atoms with Gasteiger partial charge < -0.3 is 15.2 Å². The number of hydrogen-bond acceptors (Lipinski definition) is 7. The van der Waals surface area contributed by atoms with Crippen LogP contribution in [0.2, 0.25) is 0 Å². The van der Waals surface area contributed by atoms with Gasteiger partial charge in [-0.2, -0.15) is 0 Å². The van der Waals surface area contributed by atoms with Crippen LogP contribution >= 0.6 is 0 Å². The summed E-state index contributed by atoms with van der Waals surface area (Å²) in [6.45, 7) is 1.65. The van der Waals surface area contributed by atoms with E-state index in [1.54, 1.807) is 91.9 Å². The third kappa shape index (κ3) is 6.70. The lowest BCUT2D eigenvalue weighted by Gasteiger charge is -2.26. The molecule has 2 N–H and O–H groups in total. The highest BCUT2D eigenvalue weighted by Crippen LogP contribution is 2.33. The van der Waals surface area contributed by atoms with Gasteiger partial charge in [-0.3, -0.25) is 19.6 Å². The van der Waals surface area contributed by atoms with Crippen LogP contribution in [0.4, 0.5) is 10.5 Å². The van der Waals surface area contributed by atoms with E-state index < -0.39 is 41.9 Å². The normalized spacial score (nSPS) is 16.1. The second-order valence-corrected chi connectivity index (χ2v) is 10.2. The monoisotopic (exact) mass is 590 g/mol. The number of aliphatic imine (C=N–C) groups is 1. The van der Waals surface area contributed by atoms with Gasteiger partial charge in [0.15, 0.2) is 6.04 Å². The molecule has 0 saturated carbocycles. The van der Waals surface area contributed by atoms with Crippen LogP contribution in [0.5, 0.6) is 0 Å². The number of carbonyl (C=O) groups is 4. The number of hydrogen-bond donors (Lipinski definition) is 2. The molecule has 44 heavy (non-hydrogen) atoms. The smallest absolute Gasteiger partial charge is 0.417 e. The maximum atomic E-state index is 13.7. The molecule has 0 spiro atoms. The Bertz CT molecular complexity index is 1680. The number of anilines is 1. The lowest BCUT2D eigenvalue weighted by molar-refractivity contribution is -0.139. The lowest BCUT2D eigenvalue weighted by Crippen LogP contribution is -2.38. The number of para-hydroxylation sites is 1. The predicted octanol–water partition coefficient (Wildman–Crippen LogP) is 5.49. The highest BCUT2D eigenvalue weighted by molar-refractivity contribution is 6.10. The molecule has 0 aliphatic carbocycles. The number of imide groups is 1. The summed E-state index contributed by atoms with van der Waals surface area (Å²) in [6.07, 6.45) is 0.425. The number of rotatable bonds is 10. The molecule has 1 aliphatic heterocycles. The van der Waals surface area contributed by atoms with Gasteiger partial charge in [-0.05, 0) is 36.2 Å². The average molecular weight is 591 g/mol. The molecule has 5 rings (SSSR count).